The van der Waals surface area contributed by atoms with Crippen LogP contribution in [0.4, 0.5) is 56.9 Å². The van der Waals surface area contributed by atoms with Crippen LogP contribution in [0.3, 0.4) is 0 Å². The van der Waals surface area contributed by atoms with E-state index in [9.17, 15) is 0 Å². The summed E-state index contributed by atoms with van der Waals surface area (Å²) in [6, 6.07) is 57.6. The minimum absolute atomic E-state index is 0. The molecule has 0 N–H and O–H groups in total. The van der Waals surface area contributed by atoms with Gasteiger partial charge in [-0.2, -0.15) is 80.1 Å². The maximum absolute atomic E-state index is 3.59. The van der Waals surface area contributed by atoms with E-state index in [0.717, 1.165) is 34.1 Å². The number of para-hydroxylation sites is 8. The zero-order valence-electron chi connectivity index (χ0n) is 26.5. The monoisotopic (exact) mass is 801 g/mol. The van der Waals surface area contributed by atoms with E-state index >= 15 is 0 Å². The number of hydrogen-bond donors (Lipinski definition) is 0. The molecule has 7 heteroatoms. The number of rotatable bonds is 4. The van der Waals surface area contributed by atoms with Gasteiger partial charge < -0.3 is 29.4 Å². The first kappa shape index (κ1) is 31.4. The van der Waals surface area contributed by atoms with Crippen LogP contribution in [-0.2, 0) is 20.1 Å². The second-order valence-electron chi connectivity index (χ2n) is 11.4. The number of anilines is 10. The summed E-state index contributed by atoms with van der Waals surface area (Å²) in [5.74, 6) is 0. The Hall–Kier alpha value is -5.23. The molecule has 6 nitrogen and oxygen atoms in total. The summed E-state index contributed by atoms with van der Waals surface area (Å²) in [4.78, 5) is 12.9. The molecule has 9 rings (SSSR count). The van der Waals surface area contributed by atoms with Gasteiger partial charge in [-0.1, -0.05) is 36.4 Å². The molecule has 0 fully saturated rings. The van der Waals surface area contributed by atoms with E-state index in [1.165, 1.54) is 22.7 Å². The number of nitrogens with zero attached hydrogens (tertiary/aromatic N) is 6. The van der Waals surface area contributed by atoms with E-state index in [-0.39, 0.29) is 20.1 Å². The van der Waals surface area contributed by atoms with Crippen LogP contribution in [0.1, 0.15) is 0 Å². The van der Waals surface area contributed by atoms with Crippen molar-refractivity contribution in [2.45, 2.75) is 0 Å². The first-order valence-corrected chi connectivity index (χ1v) is 15.6. The van der Waals surface area contributed by atoms with Crippen LogP contribution in [0, 0.1) is 38.2 Å². The molecule has 0 amide bonds. The maximum Gasteiger partial charge on any atom is 0.0329 e. The summed E-state index contributed by atoms with van der Waals surface area (Å²) in [5.41, 5.74) is 11.2. The van der Waals surface area contributed by atoms with Gasteiger partial charge in [0.2, 0.25) is 0 Å². The molecule has 6 aromatic carbocycles. The zero-order chi connectivity index (χ0) is 31.7. The molecule has 1 radical (unpaired) electrons. The van der Waals surface area contributed by atoms with Crippen LogP contribution >= 0.6 is 0 Å². The molecule has 3 aliphatic rings. The normalized spacial score (nSPS) is 14.2. The third-order valence-electron chi connectivity index (χ3n) is 8.44. The van der Waals surface area contributed by atoms with E-state index in [1.807, 2.05) is 36.4 Å². The van der Waals surface area contributed by atoms with Crippen molar-refractivity contribution in [1.82, 2.24) is 0 Å². The van der Waals surface area contributed by atoms with E-state index in [2.05, 4.69) is 185 Å². The van der Waals surface area contributed by atoms with Crippen LogP contribution in [0.15, 0.2) is 140 Å². The van der Waals surface area contributed by atoms with Gasteiger partial charge in [0.15, 0.2) is 0 Å². The van der Waals surface area contributed by atoms with E-state index in [1.54, 1.807) is 0 Å². The van der Waals surface area contributed by atoms with Crippen molar-refractivity contribution in [3.63, 3.8) is 0 Å². The average Bonchev–Trinajstić information content (AvgIpc) is 3.81. The Morgan fingerprint density at radius 2 is 0.708 bits per heavy atom. The number of fused-ring (bicyclic) bond motifs is 3. The Labute approximate surface area is 297 Å². The minimum atomic E-state index is 0. The molecule has 0 saturated heterocycles. The Morgan fingerprint density at radius 1 is 0.375 bits per heavy atom. The molecule has 0 atom stereocenters. The largest absolute Gasteiger partial charge is 0.504 e. The fraction of sp³-hybridized carbons (Fsp3) is 0.0488. The summed E-state index contributed by atoms with van der Waals surface area (Å²) < 4.78 is 0. The smallest absolute Gasteiger partial charge is 0.0329 e. The molecular formula is C41H32IrN6-6. The van der Waals surface area contributed by atoms with Gasteiger partial charge in [-0.3, -0.25) is 0 Å². The Bertz CT molecular complexity index is 1860. The van der Waals surface area contributed by atoms with Gasteiger partial charge >= 0.3 is 0 Å². The average molecular weight is 801 g/mol. The topological polar surface area (TPSA) is 19.4 Å². The van der Waals surface area contributed by atoms with Crippen LogP contribution in [-0.4, -0.2) is 14.1 Å². The molecule has 0 saturated carbocycles. The van der Waals surface area contributed by atoms with Crippen molar-refractivity contribution in [2.75, 3.05) is 43.5 Å². The summed E-state index contributed by atoms with van der Waals surface area (Å²) in [6.45, 7) is 6.30. The standard InChI is InChI=1S/C22H19N4.C19H13N2.Ir/c1-23-15-25(21-12-5-3-10-19(21)23)17-8-7-9-18(14-17)26-16-24(2)20-11-4-6-13-22(20)26;1-3-9-16(10-4-1)20-15-21(17-11-5-2-6-12-17)19-14-8-7-13-18(19)20;/h3-13,15-16H,1-2H3;1-9,11,13-15H;/q2*-3;. The minimum Gasteiger partial charge on any atom is -0.504 e. The van der Waals surface area contributed by atoms with Crippen molar-refractivity contribution in [1.29, 1.82) is 0 Å². The third kappa shape index (κ3) is 5.76. The molecule has 0 aliphatic carbocycles. The van der Waals surface area contributed by atoms with Crippen molar-refractivity contribution < 1.29 is 20.1 Å². The van der Waals surface area contributed by atoms with Gasteiger partial charge in [-0.05, 0) is 50.5 Å². The van der Waals surface area contributed by atoms with Crippen molar-refractivity contribution in [3.05, 3.63) is 178 Å². The molecule has 0 aromatic heterocycles. The molecule has 0 bridgehead atoms. The maximum atomic E-state index is 3.59. The quantitative estimate of drug-likeness (QED) is 0.164. The van der Waals surface area contributed by atoms with Crippen LogP contribution in [0.25, 0.3) is 0 Å². The zero-order valence-corrected chi connectivity index (χ0v) is 28.9. The Kier molecular flexibility index (Phi) is 8.81. The summed E-state index contributed by atoms with van der Waals surface area (Å²) >= 11 is 0. The molecule has 0 unspecified atom stereocenters. The molecule has 6 aromatic rings. The number of hydrogen-bond acceptors (Lipinski definition) is 6. The predicted octanol–water partition coefficient (Wildman–Crippen LogP) is 9.59. The molecule has 3 heterocycles. The van der Waals surface area contributed by atoms with Gasteiger partial charge in [0.05, 0.1) is 0 Å². The van der Waals surface area contributed by atoms with Crippen LogP contribution in [0.2, 0.25) is 0 Å². The van der Waals surface area contributed by atoms with Crippen LogP contribution < -0.4 is 29.4 Å². The summed E-state index contributed by atoms with van der Waals surface area (Å²) in [7, 11) is 4.14. The third-order valence-corrected chi connectivity index (χ3v) is 8.44. The Morgan fingerprint density at radius 3 is 1.10 bits per heavy atom. The first-order valence-electron chi connectivity index (χ1n) is 15.6. The summed E-state index contributed by atoms with van der Waals surface area (Å²) in [6.07, 6.45) is 0. The van der Waals surface area contributed by atoms with Crippen molar-refractivity contribution in [3.8, 4) is 0 Å². The fourth-order valence-corrected chi connectivity index (χ4v) is 6.20. The fourth-order valence-electron chi connectivity index (χ4n) is 6.20. The van der Waals surface area contributed by atoms with Crippen LogP contribution in [0.5, 0.6) is 0 Å². The van der Waals surface area contributed by atoms with E-state index < -0.39 is 0 Å². The van der Waals surface area contributed by atoms with Gasteiger partial charge in [-0.15, -0.1) is 47.6 Å². The van der Waals surface area contributed by atoms with E-state index in [0.29, 0.717) is 0 Å². The van der Waals surface area contributed by atoms with E-state index in [4.69, 9.17) is 0 Å². The molecule has 0 spiro atoms. The predicted molar refractivity (Wildman–Crippen MR) is 193 cm³/mol. The van der Waals surface area contributed by atoms with Crippen molar-refractivity contribution in [2.24, 2.45) is 0 Å². The van der Waals surface area contributed by atoms with Gasteiger partial charge in [0.25, 0.3) is 0 Å². The van der Waals surface area contributed by atoms with Crippen molar-refractivity contribution >= 4 is 56.9 Å². The SMILES string of the molecule is CN1[CH-]N(c2[c-]c(N3[CH-]N(C)c4ccccc43)ccc2)c2ccccc21.[Ir].[c-]1ccccc1N1[CH-]N(c2[c-]cccc2)c2ccccc21. The number of benzene rings is 6. The molecule has 241 valence electrons. The van der Waals surface area contributed by atoms with Gasteiger partial charge in [0, 0.05) is 54.2 Å². The Balaban J connectivity index is 0.000000152. The van der Waals surface area contributed by atoms with Gasteiger partial charge in [-0.25, -0.2) is 0 Å². The molecule has 3 aliphatic heterocycles. The molecule has 48 heavy (non-hydrogen) atoms. The second kappa shape index (κ2) is 13.5. The second-order valence-corrected chi connectivity index (χ2v) is 11.4. The summed E-state index contributed by atoms with van der Waals surface area (Å²) in [5, 5.41) is 0. The van der Waals surface area contributed by atoms with Gasteiger partial charge in [0.1, 0.15) is 0 Å². The first-order chi connectivity index (χ1) is 23.2. The molecular weight excluding hydrogens is 769 g/mol.